The van der Waals surface area contributed by atoms with Crippen molar-refractivity contribution in [3.05, 3.63) is 70.9 Å². The van der Waals surface area contributed by atoms with E-state index >= 15 is 0 Å². The Morgan fingerprint density at radius 1 is 1.11 bits per heavy atom. The van der Waals surface area contributed by atoms with Crippen molar-refractivity contribution < 1.29 is 14.6 Å². The predicted octanol–water partition coefficient (Wildman–Crippen LogP) is 6.40. The number of ether oxygens (including phenoxy) is 1. The van der Waals surface area contributed by atoms with E-state index in [2.05, 4.69) is 0 Å². The number of carboxylic acid groups (broad SMARTS) is 1. The first kappa shape index (κ1) is 18.7. The van der Waals surface area contributed by atoms with Crippen molar-refractivity contribution in [2.75, 3.05) is 7.11 Å². The standard InChI is InChI=1S/C21H15NO3S3/c1-25-16-9-5-6-10-17(16)27-21-14(11-18(28-21)20(23)24)19-22-15(12-26-19)13-7-3-2-4-8-13/h2-12H,1H3,(H,23,24). The molecule has 0 unspecified atom stereocenters. The van der Waals surface area contributed by atoms with Crippen LogP contribution in [0, 0.1) is 0 Å². The molecule has 0 atom stereocenters. The Balaban J connectivity index is 1.75. The van der Waals surface area contributed by atoms with Crippen molar-refractivity contribution in [1.82, 2.24) is 4.98 Å². The number of thiophene rings is 1. The first-order valence-corrected chi connectivity index (χ1v) is 10.9. The molecule has 0 saturated carbocycles. The Kier molecular flexibility index (Phi) is 5.47. The third-order valence-electron chi connectivity index (χ3n) is 3.98. The van der Waals surface area contributed by atoms with Crippen molar-refractivity contribution >= 4 is 40.4 Å². The number of rotatable bonds is 6. The molecule has 0 spiro atoms. The van der Waals surface area contributed by atoms with Crippen LogP contribution in [0.3, 0.4) is 0 Å². The van der Waals surface area contributed by atoms with Crippen molar-refractivity contribution in [2.24, 2.45) is 0 Å². The van der Waals surface area contributed by atoms with E-state index < -0.39 is 5.97 Å². The number of hydrogen-bond acceptors (Lipinski definition) is 6. The molecule has 2 aromatic carbocycles. The van der Waals surface area contributed by atoms with Crippen molar-refractivity contribution in [3.8, 4) is 27.6 Å². The molecule has 0 aliphatic heterocycles. The minimum Gasteiger partial charge on any atom is -0.496 e. The average molecular weight is 426 g/mol. The molecule has 2 aromatic heterocycles. The summed E-state index contributed by atoms with van der Waals surface area (Å²) in [5, 5.41) is 12.3. The van der Waals surface area contributed by atoms with Gasteiger partial charge in [-0.25, -0.2) is 9.78 Å². The lowest BCUT2D eigenvalue weighted by molar-refractivity contribution is 0.0702. The maximum Gasteiger partial charge on any atom is 0.345 e. The number of aromatic nitrogens is 1. The molecule has 0 fully saturated rings. The lowest BCUT2D eigenvalue weighted by Crippen LogP contribution is -1.89. The van der Waals surface area contributed by atoms with Crippen molar-refractivity contribution in [2.45, 2.75) is 9.10 Å². The summed E-state index contributed by atoms with van der Waals surface area (Å²) in [6.45, 7) is 0. The van der Waals surface area contributed by atoms with E-state index in [0.29, 0.717) is 4.88 Å². The highest BCUT2D eigenvalue weighted by Gasteiger charge is 2.20. The van der Waals surface area contributed by atoms with Crippen LogP contribution in [0.25, 0.3) is 21.8 Å². The highest BCUT2D eigenvalue weighted by Crippen LogP contribution is 2.45. The Hall–Kier alpha value is -2.61. The molecule has 7 heteroatoms. The number of aromatic carboxylic acids is 1. The molecule has 2 heterocycles. The largest absolute Gasteiger partial charge is 0.496 e. The van der Waals surface area contributed by atoms with Gasteiger partial charge in [-0.2, -0.15) is 0 Å². The second-order valence-corrected chi connectivity index (χ2v) is 8.99. The van der Waals surface area contributed by atoms with Gasteiger partial charge in [0.25, 0.3) is 0 Å². The lowest BCUT2D eigenvalue weighted by Gasteiger charge is -2.07. The average Bonchev–Trinajstić information content (AvgIpc) is 3.36. The van der Waals surface area contributed by atoms with E-state index in [4.69, 9.17) is 9.72 Å². The third-order valence-corrected chi connectivity index (χ3v) is 7.24. The smallest absolute Gasteiger partial charge is 0.345 e. The van der Waals surface area contributed by atoms with Gasteiger partial charge < -0.3 is 9.84 Å². The maximum absolute atomic E-state index is 11.6. The molecule has 0 radical (unpaired) electrons. The zero-order valence-electron chi connectivity index (χ0n) is 14.8. The van der Waals surface area contributed by atoms with Crippen LogP contribution in [-0.2, 0) is 0 Å². The number of carbonyl (C=O) groups is 1. The van der Waals surface area contributed by atoms with Crippen LogP contribution in [0.5, 0.6) is 5.75 Å². The van der Waals surface area contributed by atoms with E-state index in [1.807, 2.05) is 60.0 Å². The van der Waals surface area contributed by atoms with Gasteiger partial charge in [0.05, 0.1) is 21.9 Å². The zero-order chi connectivity index (χ0) is 19.5. The molecule has 0 amide bonds. The van der Waals surface area contributed by atoms with Crippen LogP contribution in [-0.4, -0.2) is 23.2 Å². The molecule has 28 heavy (non-hydrogen) atoms. The van der Waals surface area contributed by atoms with Gasteiger partial charge in [-0.15, -0.1) is 22.7 Å². The van der Waals surface area contributed by atoms with Gasteiger partial charge in [0.2, 0.25) is 0 Å². The molecule has 0 bridgehead atoms. The van der Waals surface area contributed by atoms with Gasteiger partial charge in [-0.3, -0.25) is 0 Å². The monoisotopic (exact) mass is 425 g/mol. The summed E-state index contributed by atoms with van der Waals surface area (Å²) >= 11 is 4.27. The fraction of sp³-hybridized carbons (Fsp3) is 0.0476. The van der Waals surface area contributed by atoms with Gasteiger partial charge >= 0.3 is 5.97 Å². The van der Waals surface area contributed by atoms with E-state index in [9.17, 15) is 9.90 Å². The molecular formula is C21H15NO3S3. The number of carboxylic acids is 1. The Morgan fingerprint density at radius 2 is 1.86 bits per heavy atom. The Labute approximate surface area is 174 Å². The van der Waals surface area contributed by atoms with Crippen LogP contribution in [0.1, 0.15) is 9.67 Å². The summed E-state index contributed by atoms with van der Waals surface area (Å²) in [6.07, 6.45) is 0. The van der Waals surface area contributed by atoms with Gasteiger partial charge in [0.15, 0.2) is 0 Å². The van der Waals surface area contributed by atoms with E-state index in [1.165, 1.54) is 34.4 Å². The van der Waals surface area contributed by atoms with Crippen LogP contribution in [0.2, 0.25) is 0 Å². The van der Waals surface area contributed by atoms with Crippen molar-refractivity contribution in [1.29, 1.82) is 0 Å². The normalized spacial score (nSPS) is 10.8. The summed E-state index contributed by atoms with van der Waals surface area (Å²) < 4.78 is 6.32. The molecule has 0 aliphatic rings. The topological polar surface area (TPSA) is 59.4 Å². The molecule has 0 aliphatic carbocycles. The lowest BCUT2D eigenvalue weighted by atomic mass is 10.2. The third kappa shape index (κ3) is 3.82. The van der Waals surface area contributed by atoms with Gasteiger partial charge in [-0.05, 0) is 18.2 Å². The first-order valence-electron chi connectivity index (χ1n) is 8.35. The summed E-state index contributed by atoms with van der Waals surface area (Å²) in [5.41, 5.74) is 2.76. The van der Waals surface area contributed by atoms with E-state index in [0.717, 1.165) is 36.7 Å². The van der Waals surface area contributed by atoms with E-state index in [-0.39, 0.29) is 0 Å². The molecule has 4 rings (SSSR count). The predicted molar refractivity (Wildman–Crippen MR) is 115 cm³/mol. The number of nitrogens with zero attached hydrogens (tertiary/aromatic N) is 1. The summed E-state index contributed by atoms with van der Waals surface area (Å²) in [4.78, 5) is 17.5. The molecular weight excluding hydrogens is 410 g/mol. The highest BCUT2D eigenvalue weighted by molar-refractivity contribution is 8.01. The zero-order valence-corrected chi connectivity index (χ0v) is 17.2. The summed E-state index contributed by atoms with van der Waals surface area (Å²) in [5.74, 6) is -0.175. The van der Waals surface area contributed by atoms with Crippen LogP contribution >= 0.6 is 34.4 Å². The molecule has 4 aromatic rings. The van der Waals surface area contributed by atoms with E-state index in [1.54, 1.807) is 13.2 Å². The summed E-state index contributed by atoms with van der Waals surface area (Å²) in [7, 11) is 1.63. The van der Waals surface area contributed by atoms with Gasteiger partial charge in [0.1, 0.15) is 15.6 Å². The van der Waals surface area contributed by atoms with Crippen LogP contribution in [0.15, 0.2) is 75.1 Å². The highest BCUT2D eigenvalue weighted by atomic mass is 32.2. The van der Waals surface area contributed by atoms with Crippen LogP contribution in [0.4, 0.5) is 0 Å². The second kappa shape index (κ2) is 8.18. The number of thiazole rings is 1. The molecule has 0 saturated heterocycles. The number of para-hydroxylation sites is 1. The van der Waals surface area contributed by atoms with Gasteiger partial charge in [0, 0.05) is 16.5 Å². The Bertz CT molecular complexity index is 1120. The maximum atomic E-state index is 11.6. The second-order valence-electron chi connectivity index (χ2n) is 5.77. The Morgan fingerprint density at radius 3 is 2.61 bits per heavy atom. The first-order chi connectivity index (χ1) is 13.7. The van der Waals surface area contributed by atoms with Gasteiger partial charge in [-0.1, -0.05) is 54.2 Å². The summed E-state index contributed by atoms with van der Waals surface area (Å²) in [6, 6.07) is 19.4. The molecule has 4 nitrogen and oxygen atoms in total. The number of benzene rings is 2. The minimum absolute atomic E-state index is 0.295. The number of methoxy groups -OCH3 is 1. The fourth-order valence-electron chi connectivity index (χ4n) is 2.65. The van der Waals surface area contributed by atoms with Crippen LogP contribution < -0.4 is 4.74 Å². The van der Waals surface area contributed by atoms with Crippen molar-refractivity contribution in [3.63, 3.8) is 0 Å². The molecule has 140 valence electrons. The fourth-order valence-corrected chi connectivity index (χ4v) is 5.93. The number of hydrogen-bond donors (Lipinski definition) is 1. The molecule has 1 N–H and O–H groups in total. The quantitative estimate of drug-likeness (QED) is 0.387. The minimum atomic E-state index is -0.932. The SMILES string of the molecule is COc1ccccc1Sc1sc(C(=O)O)cc1-c1nc(-c2ccccc2)cs1.